The van der Waals surface area contributed by atoms with Gasteiger partial charge in [-0.2, -0.15) is 0 Å². The molecule has 0 spiro atoms. The van der Waals surface area contributed by atoms with E-state index >= 15 is 0 Å². The van der Waals surface area contributed by atoms with Gasteiger partial charge >= 0.3 is 0 Å². The van der Waals surface area contributed by atoms with E-state index in [1.54, 1.807) is 7.11 Å². The van der Waals surface area contributed by atoms with Gasteiger partial charge in [0, 0.05) is 13.0 Å². The van der Waals surface area contributed by atoms with Crippen molar-refractivity contribution in [3.63, 3.8) is 0 Å². The Hall–Kier alpha value is -0.0500. The third-order valence-corrected chi connectivity index (χ3v) is 2.11. The molecular weight excluding hydrogens is 200 g/mol. The maximum atomic E-state index is 5.57. The summed E-state index contributed by atoms with van der Waals surface area (Å²) in [7, 11) is 1.63. The zero-order valence-electron chi connectivity index (χ0n) is 9.17. The van der Waals surface area contributed by atoms with Gasteiger partial charge in [0.25, 0.3) is 0 Å². The molecule has 0 aliphatic rings. The third kappa shape index (κ3) is 8.54. The van der Waals surface area contributed by atoms with E-state index in [1.165, 1.54) is 19.3 Å². The summed E-state index contributed by atoms with van der Waals surface area (Å²) in [6.07, 6.45) is 8.82. The minimum atomic E-state index is 0.153. The lowest BCUT2D eigenvalue weighted by atomic mass is 10.1. The number of methoxy groups -OCH3 is 1. The summed E-state index contributed by atoms with van der Waals surface area (Å²) in [6, 6.07) is 0. The zero-order valence-corrected chi connectivity index (χ0v) is 9.93. The molecule has 0 heterocycles. The lowest BCUT2D eigenvalue weighted by Crippen LogP contribution is -2.11. The summed E-state index contributed by atoms with van der Waals surface area (Å²) in [5, 5.41) is 0. The maximum absolute atomic E-state index is 5.57. The van der Waals surface area contributed by atoms with E-state index in [4.69, 9.17) is 21.1 Å². The molecule has 1 atom stereocenters. The molecule has 0 aliphatic carbocycles. The number of rotatable bonds is 9. The van der Waals surface area contributed by atoms with Crippen LogP contribution in [0.5, 0.6) is 0 Å². The first kappa shape index (κ1) is 13.9. The molecule has 2 nitrogen and oxygen atoms in total. The van der Waals surface area contributed by atoms with Crippen molar-refractivity contribution in [1.82, 2.24) is 0 Å². The summed E-state index contributed by atoms with van der Waals surface area (Å²) < 4.78 is 10.3. The lowest BCUT2D eigenvalue weighted by Gasteiger charge is -2.12. The second-order valence-corrected chi connectivity index (χ2v) is 3.50. The quantitative estimate of drug-likeness (QED) is 0.257. The first-order chi connectivity index (χ1) is 6.85. The van der Waals surface area contributed by atoms with Crippen molar-refractivity contribution in [3.05, 3.63) is 12.2 Å². The normalized spacial score (nSPS) is 13.6. The van der Waals surface area contributed by atoms with Gasteiger partial charge in [0.15, 0.2) is 0 Å². The van der Waals surface area contributed by atoms with E-state index in [9.17, 15) is 0 Å². The molecule has 0 aliphatic heterocycles. The number of unbranched alkanes of at least 4 members (excludes halogenated alkanes) is 2. The van der Waals surface area contributed by atoms with E-state index in [-0.39, 0.29) is 6.10 Å². The van der Waals surface area contributed by atoms with Gasteiger partial charge in [0.2, 0.25) is 0 Å². The Bertz CT molecular complexity index is 137. The van der Waals surface area contributed by atoms with Crippen LogP contribution in [0.4, 0.5) is 0 Å². The van der Waals surface area contributed by atoms with E-state index in [1.807, 2.05) is 12.2 Å². The second kappa shape index (κ2) is 11.0. The highest BCUT2D eigenvalue weighted by Crippen LogP contribution is 2.08. The molecule has 84 valence electrons. The van der Waals surface area contributed by atoms with Gasteiger partial charge in [0.1, 0.15) is 6.79 Å². The smallest absolute Gasteiger partial charge is 0.147 e. The highest BCUT2D eigenvalue weighted by molar-refractivity contribution is 6.18. The first-order valence-corrected chi connectivity index (χ1v) is 5.71. The van der Waals surface area contributed by atoms with Crippen LogP contribution < -0.4 is 0 Å². The minimum Gasteiger partial charge on any atom is -0.359 e. The van der Waals surface area contributed by atoms with Crippen molar-refractivity contribution in [2.75, 3.05) is 19.8 Å². The van der Waals surface area contributed by atoms with Crippen molar-refractivity contribution < 1.29 is 9.47 Å². The number of ether oxygens (including phenoxy) is 2. The lowest BCUT2D eigenvalue weighted by molar-refractivity contribution is -0.0580. The summed E-state index contributed by atoms with van der Waals surface area (Å²) in [4.78, 5) is 0. The number of alkyl halides is 1. The van der Waals surface area contributed by atoms with Crippen molar-refractivity contribution in [2.45, 2.75) is 38.7 Å². The molecule has 0 aromatic heterocycles. The summed E-state index contributed by atoms with van der Waals surface area (Å²) >= 11 is 5.57. The molecule has 14 heavy (non-hydrogen) atoms. The van der Waals surface area contributed by atoms with Crippen LogP contribution in [0, 0.1) is 0 Å². The molecule has 0 N–H and O–H groups in total. The molecular formula is C11H21ClO2. The second-order valence-electron chi connectivity index (χ2n) is 3.19. The summed E-state index contributed by atoms with van der Waals surface area (Å²) in [6.45, 7) is 2.54. The number of halogens is 1. The standard InChI is InChI=1S/C11H21ClO2/c1-3-4-5-7-11(8-6-9-12)14-10-13-2/h6,8,11H,3-5,7,9-10H2,1-2H3/b8-6+. The average molecular weight is 221 g/mol. The van der Waals surface area contributed by atoms with Gasteiger partial charge in [0.05, 0.1) is 6.10 Å². The van der Waals surface area contributed by atoms with Crippen molar-refractivity contribution in [1.29, 1.82) is 0 Å². The van der Waals surface area contributed by atoms with E-state index in [0.29, 0.717) is 12.7 Å². The fraction of sp³-hybridized carbons (Fsp3) is 0.818. The van der Waals surface area contributed by atoms with E-state index in [0.717, 1.165) is 6.42 Å². The van der Waals surface area contributed by atoms with Gasteiger partial charge in [-0.05, 0) is 6.42 Å². The molecule has 1 unspecified atom stereocenters. The Morgan fingerprint density at radius 1 is 1.36 bits per heavy atom. The average Bonchev–Trinajstić information content (AvgIpc) is 2.21. The van der Waals surface area contributed by atoms with Gasteiger partial charge < -0.3 is 9.47 Å². The van der Waals surface area contributed by atoms with Gasteiger partial charge in [-0.3, -0.25) is 0 Å². The molecule has 0 fully saturated rings. The molecule has 0 aromatic carbocycles. The minimum absolute atomic E-state index is 0.153. The Balaban J connectivity index is 3.66. The third-order valence-electron chi connectivity index (χ3n) is 1.93. The monoisotopic (exact) mass is 220 g/mol. The van der Waals surface area contributed by atoms with Crippen molar-refractivity contribution in [3.8, 4) is 0 Å². The predicted molar refractivity (Wildman–Crippen MR) is 60.8 cm³/mol. The maximum Gasteiger partial charge on any atom is 0.147 e. The predicted octanol–water partition coefficient (Wildman–Crippen LogP) is 3.35. The van der Waals surface area contributed by atoms with Crippen LogP contribution in [-0.2, 0) is 9.47 Å². The fourth-order valence-electron chi connectivity index (χ4n) is 1.19. The van der Waals surface area contributed by atoms with Crippen LogP contribution in [0.15, 0.2) is 12.2 Å². The molecule has 0 bridgehead atoms. The number of allylic oxidation sites excluding steroid dienone is 1. The summed E-state index contributed by atoms with van der Waals surface area (Å²) in [5.74, 6) is 0.542. The Morgan fingerprint density at radius 2 is 2.14 bits per heavy atom. The Labute approximate surface area is 92.2 Å². The van der Waals surface area contributed by atoms with Gasteiger partial charge in [-0.1, -0.05) is 38.3 Å². The molecule has 0 radical (unpaired) electrons. The topological polar surface area (TPSA) is 18.5 Å². The number of hydrogen-bond donors (Lipinski definition) is 0. The van der Waals surface area contributed by atoms with Gasteiger partial charge in [-0.25, -0.2) is 0 Å². The van der Waals surface area contributed by atoms with Crippen LogP contribution in [0.3, 0.4) is 0 Å². The zero-order chi connectivity index (χ0) is 10.6. The van der Waals surface area contributed by atoms with Crippen LogP contribution in [-0.4, -0.2) is 25.9 Å². The van der Waals surface area contributed by atoms with E-state index in [2.05, 4.69) is 6.92 Å². The first-order valence-electron chi connectivity index (χ1n) is 5.18. The van der Waals surface area contributed by atoms with Crippen LogP contribution >= 0.6 is 11.6 Å². The van der Waals surface area contributed by atoms with Gasteiger partial charge in [-0.15, -0.1) is 11.6 Å². The Kier molecular flexibility index (Phi) is 11.0. The molecule has 0 aromatic rings. The SMILES string of the molecule is CCCCCC(/C=C/CCl)OCOC. The fourth-order valence-corrected chi connectivity index (χ4v) is 1.29. The molecule has 0 saturated carbocycles. The van der Waals surface area contributed by atoms with Crippen LogP contribution in [0.1, 0.15) is 32.6 Å². The number of hydrogen-bond acceptors (Lipinski definition) is 2. The van der Waals surface area contributed by atoms with Crippen LogP contribution in [0.25, 0.3) is 0 Å². The summed E-state index contributed by atoms with van der Waals surface area (Å²) in [5.41, 5.74) is 0. The van der Waals surface area contributed by atoms with Crippen molar-refractivity contribution >= 4 is 11.6 Å². The Morgan fingerprint density at radius 3 is 2.71 bits per heavy atom. The molecule has 0 rings (SSSR count). The molecule has 3 heteroatoms. The van der Waals surface area contributed by atoms with Crippen molar-refractivity contribution in [2.24, 2.45) is 0 Å². The van der Waals surface area contributed by atoms with Crippen LogP contribution in [0.2, 0.25) is 0 Å². The van der Waals surface area contributed by atoms with E-state index < -0.39 is 0 Å². The largest absolute Gasteiger partial charge is 0.359 e. The highest BCUT2D eigenvalue weighted by Gasteiger charge is 2.03. The highest BCUT2D eigenvalue weighted by atomic mass is 35.5. The molecule has 0 saturated heterocycles. The molecule has 0 amide bonds.